The van der Waals surface area contributed by atoms with Crippen LogP contribution in [0.4, 0.5) is 0 Å². The van der Waals surface area contributed by atoms with Crippen molar-refractivity contribution >= 4 is 35.0 Å². The summed E-state index contributed by atoms with van der Waals surface area (Å²) in [6.07, 6.45) is 5.42. The van der Waals surface area contributed by atoms with Crippen LogP contribution in [0.5, 0.6) is 0 Å². The molecule has 0 N–H and O–H groups in total. The molecule has 1 saturated carbocycles. The van der Waals surface area contributed by atoms with Gasteiger partial charge >= 0.3 is 0 Å². The van der Waals surface area contributed by atoms with E-state index in [0.29, 0.717) is 10.0 Å². The summed E-state index contributed by atoms with van der Waals surface area (Å²) in [5.74, 6) is 0. The lowest BCUT2D eigenvalue weighted by molar-refractivity contribution is 0.886. The minimum atomic E-state index is 0.641. The first-order chi connectivity index (χ1) is 6.75. The Morgan fingerprint density at radius 3 is 2.43 bits per heavy atom. The van der Waals surface area contributed by atoms with Gasteiger partial charge in [0.2, 0.25) is 0 Å². The van der Waals surface area contributed by atoms with Crippen LogP contribution in [0.1, 0.15) is 25.7 Å². The fourth-order valence-corrected chi connectivity index (χ4v) is 3.40. The molecule has 1 aromatic rings. The highest BCUT2D eigenvalue weighted by Crippen LogP contribution is 2.36. The zero-order chi connectivity index (χ0) is 9.97. The molecule has 0 aromatic heterocycles. The normalized spacial score (nSPS) is 17.6. The van der Waals surface area contributed by atoms with Crippen molar-refractivity contribution in [3.63, 3.8) is 0 Å². The number of hydrogen-bond donors (Lipinski definition) is 0. The third kappa shape index (κ3) is 2.59. The Labute approximate surface area is 99.0 Å². The first kappa shape index (κ1) is 10.7. The van der Waals surface area contributed by atoms with Gasteiger partial charge in [-0.15, -0.1) is 11.8 Å². The van der Waals surface area contributed by atoms with Gasteiger partial charge < -0.3 is 0 Å². The van der Waals surface area contributed by atoms with Gasteiger partial charge in [-0.05, 0) is 31.0 Å². The van der Waals surface area contributed by atoms with Crippen molar-refractivity contribution in [2.75, 3.05) is 0 Å². The largest absolute Gasteiger partial charge is 0.123 e. The standard InChI is InChI=1S/C11H12Cl2S/c12-10-6-5-9(7-11(10)13)14-8-3-1-2-4-8/h5-8H,1-4H2. The van der Waals surface area contributed by atoms with Crippen LogP contribution in [0.2, 0.25) is 10.0 Å². The van der Waals surface area contributed by atoms with Crippen LogP contribution in [0.25, 0.3) is 0 Å². The van der Waals surface area contributed by atoms with Crippen molar-refractivity contribution in [3.8, 4) is 0 Å². The Balaban J connectivity index is 2.05. The Bertz CT molecular complexity index is 319. The van der Waals surface area contributed by atoms with Crippen LogP contribution >= 0.6 is 35.0 Å². The van der Waals surface area contributed by atoms with E-state index in [1.807, 2.05) is 23.9 Å². The van der Waals surface area contributed by atoms with Gasteiger partial charge in [-0.1, -0.05) is 36.0 Å². The molecule has 14 heavy (non-hydrogen) atoms. The van der Waals surface area contributed by atoms with Gasteiger partial charge in [0.15, 0.2) is 0 Å². The monoisotopic (exact) mass is 246 g/mol. The van der Waals surface area contributed by atoms with E-state index >= 15 is 0 Å². The van der Waals surface area contributed by atoms with Crippen molar-refractivity contribution < 1.29 is 0 Å². The Morgan fingerprint density at radius 2 is 1.79 bits per heavy atom. The molecular formula is C11H12Cl2S. The molecular weight excluding hydrogens is 235 g/mol. The van der Waals surface area contributed by atoms with Gasteiger partial charge in [-0.3, -0.25) is 0 Å². The molecule has 0 heterocycles. The van der Waals surface area contributed by atoms with Crippen LogP contribution in [-0.2, 0) is 0 Å². The Kier molecular flexibility index (Phi) is 3.64. The van der Waals surface area contributed by atoms with E-state index in [2.05, 4.69) is 6.07 Å². The molecule has 0 radical (unpaired) electrons. The Hall–Kier alpha value is 0.150. The lowest BCUT2D eigenvalue weighted by Gasteiger charge is -2.08. The summed E-state index contributed by atoms with van der Waals surface area (Å²) in [5, 5.41) is 2.09. The minimum absolute atomic E-state index is 0.641. The average molecular weight is 247 g/mol. The fourth-order valence-electron chi connectivity index (χ4n) is 1.75. The summed E-state index contributed by atoms with van der Waals surface area (Å²) in [6, 6.07) is 5.89. The summed E-state index contributed by atoms with van der Waals surface area (Å²) in [5.41, 5.74) is 0. The molecule has 0 atom stereocenters. The lowest BCUT2D eigenvalue weighted by Crippen LogP contribution is -1.92. The van der Waals surface area contributed by atoms with Gasteiger partial charge in [0.25, 0.3) is 0 Å². The number of rotatable bonds is 2. The predicted octanol–water partition coefficient (Wildman–Crippen LogP) is 5.03. The molecule has 0 nitrogen and oxygen atoms in total. The molecule has 1 aliphatic carbocycles. The zero-order valence-electron chi connectivity index (χ0n) is 7.80. The van der Waals surface area contributed by atoms with Crippen molar-refractivity contribution in [2.45, 2.75) is 35.8 Å². The maximum atomic E-state index is 5.95. The quantitative estimate of drug-likeness (QED) is 0.706. The van der Waals surface area contributed by atoms with E-state index in [0.717, 1.165) is 5.25 Å². The molecule has 0 amide bonds. The molecule has 0 spiro atoms. The molecule has 1 aliphatic rings. The van der Waals surface area contributed by atoms with Gasteiger partial charge in [-0.2, -0.15) is 0 Å². The zero-order valence-corrected chi connectivity index (χ0v) is 10.1. The summed E-state index contributed by atoms with van der Waals surface area (Å²) >= 11 is 13.7. The molecule has 2 rings (SSSR count). The highest BCUT2D eigenvalue weighted by Gasteiger charge is 2.16. The third-order valence-corrected chi connectivity index (χ3v) is 4.57. The van der Waals surface area contributed by atoms with Crippen molar-refractivity contribution in [1.82, 2.24) is 0 Å². The molecule has 0 bridgehead atoms. The summed E-state index contributed by atoms with van der Waals surface area (Å²) in [6.45, 7) is 0. The van der Waals surface area contributed by atoms with Gasteiger partial charge in [0.05, 0.1) is 10.0 Å². The van der Waals surface area contributed by atoms with E-state index < -0.39 is 0 Å². The fraction of sp³-hybridized carbons (Fsp3) is 0.455. The minimum Gasteiger partial charge on any atom is -0.123 e. The van der Waals surface area contributed by atoms with Gasteiger partial charge in [0.1, 0.15) is 0 Å². The highest BCUT2D eigenvalue weighted by atomic mass is 35.5. The van der Waals surface area contributed by atoms with Crippen molar-refractivity contribution in [3.05, 3.63) is 28.2 Å². The van der Waals surface area contributed by atoms with Gasteiger partial charge in [-0.25, -0.2) is 0 Å². The predicted molar refractivity (Wildman–Crippen MR) is 64.6 cm³/mol. The molecule has 3 heteroatoms. The van der Waals surface area contributed by atoms with Crippen LogP contribution in [0, 0.1) is 0 Å². The van der Waals surface area contributed by atoms with E-state index in [9.17, 15) is 0 Å². The second-order valence-electron chi connectivity index (χ2n) is 3.60. The average Bonchev–Trinajstić information content (AvgIpc) is 2.64. The number of benzene rings is 1. The molecule has 1 aromatic carbocycles. The molecule has 1 fully saturated rings. The number of halogens is 2. The topological polar surface area (TPSA) is 0 Å². The SMILES string of the molecule is Clc1ccc(SC2CCCC2)cc1Cl. The van der Waals surface area contributed by atoms with Gasteiger partial charge in [0, 0.05) is 10.1 Å². The van der Waals surface area contributed by atoms with E-state index in [4.69, 9.17) is 23.2 Å². The van der Waals surface area contributed by atoms with E-state index in [1.54, 1.807) is 0 Å². The first-order valence-corrected chi connectivity index (χ1v) is 6.51. The smallest absolute Gasteiger partial charge is 0.0603 e. The number of thioether (sulfide) groups is 1. The molecule has 0 aliphatic heterocycles. The van der Waals surface area contributed by atoms with Crippen LogP contribution in [-0.4, -0.2) is 5.25 Å². The van der Waals surface area contributed by atoms with E-state index in [1.165, 1.54) is 30.6 Å². The summed E-state index contributed by atoms with van der Waals surface area (Å²) in [7, 11) is 0. The highest BCUT2D eigenvalue weighted by molar-refractivity contribution is 8.00. The molecule has 76 valence electrons. The maximum Gasteiger partial charge on any atom is 0.0603 e. The summed E-state index contributed by atoms with van der Waals surface area (Å²) < 4.78 is 0. The first-order valence-electron chi connectivity index (χ1n) is 4.87. The van der Waals surface area contributed by atoms with Crippen LogP contribution in [0.15, 0.2) is 23.1 Å². The second-order valence-corrected chi connectivity index (χ2v) is 5.79. The molecule has 0 unspecified atom stereocenters. The van der Waals surface area contributed by atoms with Crippen molar-refractivity contribution in [2.24, 2.45) is 0 Å². The number of hydrogen-bond acceptors (Lipinski definition) is 1. The van der Waals surface area contributed by atoms with E-state index in [-0.39, 0.29) is 0 Å². The van der Waals surface area contributed by atoms with Crippen LogP contribution < -0.4 is 0 Å². The lowest BCUT2D eigenvalue weighted by atomic mass is 10.4. The second kappa shape index (κ2) is 4.78. The maximum absolute atomic E-state index is 5.95. The molecule has 0 saturated heterocycles. The summed E-state index contributed by atoms with van der Waals surface area (Å²) in [4.78, 5) is 1.24. The third-order valence-electron chi connectivity index (χ3n) is 2.50. The van der Waals surface area contributed by atoms with Crippen LogP contribution in [0.3, 0.4) is 0 Å². The van der Waals surface area contributed by atoms with Crippen molar-refractivity contribution in [1.29, 1.82) is 0 Å². The Morgan fingerprint density at radius 1 is 1.07 bits per heavy atom.